The Balaban J connectivity index is 1.92. The lowest BCUT2D eigenvalue weighted by molar-refractivity contribution is -0.141. The fourth-order valence-electron chi connectivity index (χ4n) is 3.08. The van der Waals surface area contributed by atoms with Crippen molar-refractivity contribution >= 4 is 40.0 Å². The smallest absolute Gasteiger partial charge is 0.396 e. The summed E-state index contributed by atoms with van der Waals surface area (Å²) in [6.45, 7) is 3.19. The van der Waals surface area contributed by atoms with Crippen molar-refractivity contribution in [3.8, 4) is 5.69 Å². The van der Waals surface area contributed by atoms with Crippen LogP contribution >= 0.6 is 11.6 Å². The van der Waals surface area contributed by atoms with E-state index in [1.165, 1.54) is 12.1 Å². The molecule has 0 fully saturated rings. The number of rotatable bonds is 3. The Bertz CT molecular complexity index is 1570. The van der Waals surface area contributed by atoms with Gasteiger partial charge in [0.1, 0.15) is 17.2 Å². The molecular formula is C21H14ClF4N7O2. The number of aryl methyl sites for hydroxylation is 2. The normalized spacial score (nSPS) is 11.6. The van der Waals surface area contributed by atoms with Gasteiger partial charge in [0.25, 0.3) is 5.91 Å². The van der Waals surface area contributed by atoms with E-state index in [0.717, 1.165) is 10.7 Å². The summed E-state index contributed by atoms with van der Waals surface area (Å²) in [5, 5.41) is 6.17. The second kappa shape index (κ2) is 8.58. The summed E-state index contributed by atoms with van der Waals surface area (Å²) in [5.41, 5.74) is 1.98. The fourth-order valence-corrected chi connectivity index (χ4v) is 3.24. The van der Waals surface area contributed by atoms with Crippen LogP contribution in [-0.2, 0) is 6.18 Å². The van der Waals surface area contributed by atoms with Crippen LogP contribution in [0.4, 0.5) is 28.9 Å². The van der Waals surface area contributed by atoms with Crippen molar-refractivity contribution < 1.29 is 22.4 Å². The minimum Gasteiger partial charge on any atom is -0.396 e. The highest BCUT2D eigenvalue weighted by atomic mass is 35.5. The summed E-state index contributed by atoms with van der Waals surface area (Å²) in [5.74, 6) is -2.04. The number of carbonyl (C=O) groups excluding carboxylic acids is 1. The summed E-state index contributed by atoms with van der Waals surface area (Å²) in [7, 11) is 0. The van der Waals surface area contributed by atoms with Crippen molar-refractivity contribution in [1.82, 2.24) is 24.7 Å². The van der Waals surface area contributed by atoms with Gasteiger partial charge in [-0.15, -0.1) is 0 Å². The Kier molecular flexibility index (Phi) is 5.88. The largest absolute Gasteiger partial charge is 0.433 e. The fraction of sp³-hybridized carbons (Fsp3) is 0.143. The second-order valence-electron chi connectivity index (χ2n) is 7.36. The number of nitrogen functional groups attached to an aromatic ring is 1. The molecule has 0 aliphatic carbocycles. The van der Waals surface area contributed by atoms with Crippen molar-refractivity contribution in [2.24, 2.45) is 0 Å². The van der Waals surface area contributed by atoms with Gasteiger partial charge in [-0.1, -0.05) is 11.6 Å². The maximum atomic E-state index is 14.7. The van der Waals surface area contributed by atoms with Crippen molar-refractivity contribution in [1.29, 1.82) is 0 Å². The lowest BCUT2D eigenvalue weighted by Crippen LogP contribution is -2.28. The average Bonchev–Trinajstić information content (AvgIpc) is 2.76. The van der Waals surface area contributed by atoms with E-state index in [0.29, 0.717) is 23.7 Å². The molecule has 3 N–H and O–H groups in total. The van der Waals surface area contributed by atoms with Gasteiger partial charge in [-0.3, -0.25) is 9.59 Å². The number of anilines is 2. The first kappa shape index (κ1) is 24.0. The molecule has 0 bridgehead atoms. The van der Waals surface area contributed by atoms with Crippen LogP contribution in [-0.4, -0.2) is 30.6 Å². The van der Waals surface area contributed by atoms with Gasteiger partial charge in [-0.05, 0) is 38.1 Å². The molecular weight excluding hydrogens is 494 g/mol. The number of nitrogens with one attached hydrogen (secondary N) is 1. The predicted octanol–water partition coefficient (Wildman–Crippen LogP) is 3.83. The molecule has 9 nitrogen and oxygen atoms in total. The van der Waals surface area contributed by atoms with Crippen molar-refractivity contribution in [2.45, 2.75) is 20.0 Å². The van der Waals surface area contributed by atoms with Crippen LogP contribution in [0, 0.1) is 19.7 Å². The number of fused-ring (bicyclic) bond motifs is 1. The van der Waals surface area contributed by atoms with Gasteiger partial charge < -0.3 is 11.1 Å². The van der Waals surface area contributed by atoms with E-state index in [1.54, 1.807) is 13.8 Å². The Hall–Kier alpha value is -4.13. The quantitative estimate of drug-likeness (QED) is 0.403. The highest BCUT2D eigenvalue weighted by Crippen LogP contribution is 2.31. The number of nitrogens with zero attached hydrogens (tertiary/aromatic N) is 5. The van der Waals surface area contributed by atoms with Gasteiger partial charge in [-0.2, -0.15) is 18.3 Å². The number of pyridine rings is 1. The van der Waals surface area contributed by atoms with Gasteiger partial charge in [-0.25, -0.2) is 24.0 Å². The third kappa shape index (κ3) is 4.49. The van der Waals surface area contributed by atoms with Gasteiger partial charge in [0.2, 0.25) is 5.43 Å². The number of hydrogen-bond acceptors (Lipinski definition) is 7. The third-order valence-corrected chi connectivity index (χ3v) is 5.18. The van der Waals surface area contributed by atoms with Crippen LogP contribution in [0.3, 0.4) is 0 Å². The first-order valence-electron chi connectivity index (χ1n) is 9.74. The molecule has 35 heavy (non-hydrogen) atoms. The Morgan fingerprint density at radius 3 is 2.49 bits per heavy atom. The lowest BCUT2D eigenvalue weighted by Gasteiger charge is -2.14. The molecule has 1 amide bonds. The minimum atomic E-state index is -4.81. The van der Waals surface area contributed by atoms with E-state index in [1.807, 2.05) is 0 Å². The molecule has 0 saturated heterocycles. The van der Waals surface area contributed by atoms with Gasteiger partial charge in [0.05, 0.1) is 29.0 Å². The Morgan fingerprint density at radius 1 is 1.14 bits per heavy atom. The van der Waals surface area contributed by atoms with Crippen molar-refractivity contribution in [3.63, 3.8) is 0 Å². The Morgan fingerprint density at radius 2 is 1.83 bits per heavy atom. The van der Waals surface area contributed by atoms with Crippen LogP contribution in [0.15, 0.2) is 35.3 Å². The number of amides is 1. The first-order chi connectivity index (χ1) is 16.4. The van der Waals surface area contributed by atoms with E-state index in [2.05, 4.69) is 25.4 Å². The molecule has 4 rings (SSSR count). The Labute approximate surface area is 198 Å². The highest BCUT2D eigenvalue weighted by molar-refractivity contribution is 6.30. The molecule has 1 aromatic carbocycles. The van der Waals surface area contributed by atoms with Crippen LogP contribution in [0.25, 0.3) is 16.9 Å². The SMILES string of the molecule is Cc1nc2c(=O)c(C(=O)Nc3cc(C(F)(F)F)ncc3N)nn(-c3ccc(Cl)cc3F)c2nc1C. The number of hydrogen-bond donors (Lipinski definition) is 2. The van der Waals surface area contributed by atoms with Crippen LogP contribution in [0.2, 0.25) is 5.02 Å². The van der Waals surface area contributed by atoms with Crippen molar-refractivity contribution in [2.75, 3.05) is 11.1 Å². The molecule has 0 aliphatic rings. The summed E-state index contributed by atoms with van der Waals surface area (Å²) in [4.78, 5) is 37.7. The number of alkyl halides is 3. The zero-order chi connectivity index (χ0) is 25.7. The van der Waals surface area contributed by atoms with E-state index < -0.39 is 40.4 Å². The average molecular weight is 508 g/mol. The predicted molar refractivity (Wildman–Crippen MR) is 119 cm³/mol. The number of halogens is 5. The maximum absolute atomic E-state index is 14.7. The van der Waals surface area contributed by atoms with Crippen molar-refractivity contribution in [3.05, 3.63) is 74.3 Å². The monoisotopic (exact) mass is 507 g/mol. The van der Waals surface area contributed by atoms with E-state index in [9.17, 15) is 27.2 Å². The van der Waals surface area contributed by atoms with Crippen LogP contribution in [0.1, 0.15) is 27.6 Å². The number of aromatic nitrogens is 5. The molecule has 0 unspecified atom stereocenters. The van der Waals surface area contributed by atoms with Crippen LogP contribution in [0.5, 0.6) is 0 Å². The molecule has 0 aliphatic heterocycles. The summed E-state index contributed by atoms with van der Waals surface area (Å²) < 4.78 is 54.7. The lowest BCUT2D eigenvalue weighted by atomic mass is 10.2. The maximum Gasteiger partial charge on any atom is 0.433 e. The first-order valence-corrected chi connectivity index (χ1v) is 10.1. The number of nitrogens with two attached hydrogens (primary N) is 1. The molecule has 3 aromatic heterocycles. The topological polar surface area (TPSA) is 129 Å². The zero-order valence-electron chi connectivity index (χ0n) is 17.9. The summed E-state index contributed by atoms with van der Waals surface area (Å²) in [6, 6.07) is 4.12. The van der Waals surface area contributed by atoms with Gasteiger partial charge >= 0.3 is 6.18 Å². The summed E-state index contributed by atoms with van der Waals surface area (Å²) >= 11 is 5.82. The summed E-state index contributed by atoms with van der Waals surface area (Å²) in [6.07, 6.45) is -4.09. The molecule has 0 spiro atoms. The number of carbonyl (C=O) groups is 1. The second-order valence-corrected chi connectivity index (χ2v) is 7.80. The molecule has 3 heterocycles. The molecule has 4 aromatic rings. The van der Waals surface area contributed by atoms with E-state index in [4.69, 9.17) is 17.3 Å². The van der Waals surface area contributed by atoms with Gasteiger partial charge in [0, 0.05) is 5.02 Å². The number of benzene rings is 1. The highest BCUT2D eigenvalue weighted by Gasteiger charge is 2.33. The van der Waals surface area contributed by atoms with E-state index in [-0.39, 0.29) is 27.6 Å². The molecule has 0 saturated carbocycles. The molecule has 180 valence electrons. The van der Waals surface area contributed by atoms with Crippen LogP contribution < -0.4 is 16.5 Å². The minimum absolute atomic E-state index is 0.0845. The zero-order valence-corrected chi connectivity index (χ0v) is 18.7. The molecule has 14 heteroatoms. The van der Waals surface area contributed by atoms with E-state index >= 15 is 0 Å². The molecule has 0 atom stereocenters. The third-order valence-electron chi connectivity index (χ3n) is 4.95. The van der Waals surface area contributed by atoms with Gasteiger partial charge in [0.15, 0.2) is 16.9 Å². The standard InChI is InChI=1S/C21H14ClF4N7O2/c1-8-9(2)30-19-16(29-8)18(34)17(32-33(19)14-4-3-10(22)5-11(14)23)20(35)31-13-6-15(21(24,25)26)28-7-12(13)27/h3-7H,27H2,1-2H3,(H,28,31,35). The molecule has 0 radical (unpaired) electrons.